The van der Waals surface area contributed by atoms with Crippen molar-refractivity contribution in [3.05, 3.63) is 23.0 Å². The topological polar surface area (TPSA) is 146 Å². The minimum absolute atomic E-state index is 0.00432. The Morgan fingerprint density at radius 2 is 1.93 bits per heavy atom. The van der Waals surface area contributed by atoms with Gasteiger partial charge in [0.15, 0.2) is 6.29 Å². The molecule has 3 fully saturated rings. The zero-order chi connectivity index (χ0) is 21.6. The standard InChI is InChI=1S/C21H28O9/c1-8-9-3-14-20(2,5-12(9)29-18(8)26)10-4-11(10)21(14,27)7-28-19-17(25)16(24)15(23)13(6-22)30-19/h5,10-11,13-17,19,22-25,27H,3-4,6-7H2,1-2H3/t10-,11+,13-,14-,15-,16+,17-,19-,20+,21-/m1/s1. The lowest BCUT2D eigenvalue weighted by Crippen LogP contribution is -2.60. The van der Waals surface area contributed by atoms with Crippen molar-refractivity contribution in [3.63, 3.8) is 0 Å². The van der Waals surface area contributed by atoms with E-state index in [4.69, 9.17) is 14.2 Å². The van der Waals surface area contributed by atoms with E-state index in [1.165, 1.54) is 0 Å². The van der Waals surface area contributed by atoms with Crippen LogP contribution >= 0.6 is 0 Å². The summed E-state index contributed by atoms with van der Waals surface area (Å²) < 4.78 is 16.6. The van der Waals surface area contributed by atoms with Gasteiger partial charge in [-0.05, 0) is 43.1 Å². The first-order valence-electron chi connectivity index (χ1n) is 10.4. The molecule has 2 aliphatic heterocycles. The zero-order valence-electron chi connectivity index (χ0n) is 16.9. The monoisotopic (exact) mass is 424 g/mol. The normalized spacial score (nSPS) is 51.8. The Kier molecular flexibility index (Phi) is 4.51. The van der Waals surface area contributed by atoms with Crippen LogP contribution in [0.2, 0.25) is 0 Å². The number of hydrogen-bond donors (Lipinski definition) is 5. The molecule has 0 bridgehead atoms. The molecule has 0 aromatic heterocycles. The van der Waals surface area contributed by atoms with Crippen LogP contribution in [0.15, 0.2) is 23.0 Å². The van der Waals surface area contributed by atoms with Crippen molar-refractivity contribution in [2.24, 2.45) is 23.2 Å². The molecule has 1 saturated heterocycles. The molecule has 166 valence electrons. The summed E-state index contributed by atoms with van der Waals surface area (Å²) in [5, 5.41) is 51.2. The molecule has 0 aromatic rings. The van der Waals surface area contributed by atoms with Gasteiger partial charge in [-0.2, -0.15) is 0 Å². The van der Waals surface area contributed by atoms with Gasteiger partial charge in [0.05, 0.1) is 18.8 Å². The molecule has 30 heavy (non-hydrogen) atoms. The Balaban J connectivity index is 1.38. The van der Waals surface area contributed by atoms with Gasteiger partial charge in [-0.1, -0.05) is 6.92 Å². The van der Waals surface area contributed by atoms with E-state index >= 15 is 0 Å². The molecule has 9 heteroatoms. The number of fused-ring (bicyclic) bond motifs is 4. The number of hydrogen-bond acceptors (Lipinski definition) is 9. The summed E-state index contributed by atoms with van der Waals surface area (Å²) in [4.78, 5) is 12.0. The van der Waals surface area contributed by atoms with Crippen molar-refractivity contribution in [1.29, 1.82) is 0 Å². The molecule has 0 radical (unpaired) electrons. The zero-order valence-corrected chi connectivity index (χ0v) is 16.9. The molecule has 5 rings (SSSR count). The first-order chi connectivity index (χ1) is 14.1. The largest absolute Gasteiger partial charge is 0.423 e. The van der Waals surface area contributed by atoms with Gasteiger partial charge >= 0.3 is 5.97 Å². The fraction of sp³-hybridized carbons (Fsp3) is 0.762. The molecule has 0 aromatic carbocycles. The first-order valence-corrected chi connectivity index (χ1v) is 10.4. The second kappa shape index (κ2) is 6.59. The van der Waals surface area contributed by atoms with Crippen LogP contribution in [0.25, 0.3) is 0 Å². The lowest BCUT2D eigenvalue weighted by Gasteiger charge is -2.45. The molecular formula is C21H28O9. The molecule has 3 aliphatic carbocycles. The van der Waals surface area contributed by atoms with Crippen LogP contribution in [0.1, 0.15) is 26.7 Å². The van der Waals surface area contributed by atoms with Crippen LogP contribution in [-0.4, -0.2) is 81.0 Å². The second-order valence-electron chi connectivity index (χ2n) is 9.57. The Bertz CT molecular complexity index is 834. The fourth-order valence-electron chi connectivity index (χ4n) is 6.13. The third-order valence-electron chi connectivity index (χ3n) is 8.02. The average Bonchev–Trinajstić information content (AvgIpc) is 3.45. The highest BCUT2D eigenvalue weighted by molar-refractivity contribution is 5.94. The number of carbonyl (C=O) groups excluding carboxylic acids is 1. The van der Waals surface area contributed by atoms with Gasteiger partial charge in [0.1, 0.15) is 30.2 Å². The Morgan fingerprint density at radius 3 is 2.63 bits per heavy atom. The summed E-state index contributed by atoms with van der Waals surface area (Å²) in [6.07, 6.45) is -3.60. The summed E-state index contributed by atoms with van der Waals surface area (Å²) in [7, 11) is 0. The van der Waals surface area contributed by atoms with Gasteiger partial charge in [-0.3, -0.25) is 0 Å². The molecule has 0 unspecified atom stereocenters. The van der Waals surface area contributed by atoms with E-state index in [2.05, 4.69) is 6.92 Å². The Labute approximate surface area is 173 Å². The summed E-state index contributed by atoms with van der Waals surface area (Å²) in [5.74, 6) is 0.278. The van der Waals surface area contributed by atoms with E-state index in [-0.39, 0.29) is 35.7 Å². The maximum atomic E-state index is 12.0. The third-order valence-corrected chi connectivity index (χ3v) is 8.02. The van der Waals surface area contributed by atoms with Crippen LogP contribution < -0.4 is 0 Å². The van der Waals surface area contributed by atoms with Gasteiger partial charge in [-0.25, -0.2) is 4.79 Å². The van der Waals surface area contributed by atoms with Crippen molar-refractivity contribution < 1.29 is 44.5 Å². The van der Waals surface area contributed by atoms with E-state index in [0.717, 1.165) is 12.0 Å². The predicted molar refractivity (Wildman–Crippen MR) is 99.4 cm³/mol. The predicted octanol–water partition coefficient (Wildman–Crippen LogP) is -1.03. The van der Waals surface area contributed by atoms with E-state index in [0.29, 0.717) is 17.8 Å². The summed E-state index contributed by atoms with van der Waals surface area (Å²) in [5.41, 5.74) is -0.183. The first kappa shape index (κ1) is 20.6. The van der Waals surface area contributed by atoms with Crippen molar-refractivity contribution in [3.8, 4) is 0 Å². The number of ether oxygens (including phenoxy) is 3. The second-order valence-corrected chi connectivity index (χ2v) is 9.57. The van der Waals surface area contributed by atoms with Crippen LogP contribution in [0, 0.1) is 23.2 Å². The third kappa shape index (κ3) is 2.63. The van der Waals surface area contributed by atoms with Crippen molar-refractivity contribution in [1.82, 2.24) is 0 Å². The summed E-state index contributed by atoms with van der Waals surface area (Å²) in [6.45, 7) is 3.11. The number of carbonyl (C=O) groups is 1. The Morgan fingerprint density at radius 1 is 1.20 bits per heavy atom. The van der Waals surface area contributed by atoms with E-state index in [1.807, 2.05) is 6.08 Å². The number of esters is 1. The van der Waals surface area contributed by atoms with E-state index in [9.17, 15) is 30.3 Å². The highest BCUT2D eigenvalue weighted by Gasteiger charge is 2.73. The van der Waals surface area contributed by atoms with Gasteiger partial charge in [0, 0.05) is 17.1 Å². The Hall–Kier alpha value is -1.33. The minimum Gasteiger partial charge on any atom is -0.423 e. The molecule has 0 amide bonds. The van der Waals surface area contributed by atoms with Crippen LogP contribution in [0.3, 0.4) is 0 Å². The van der Waals surface area contributed by atoms with Gasteiger partial charge in [0.2, 0.25) is 0 Å². The molecule has 5 aliphatic rings. The van der Waals surface area contributed by atoms with Crippen molar-refractivity contribution >= 4 is 5.97 Å². The smallest absolute Gasteiger partial charge is 0.339 e. The number of aliphatic hydroxyl groups is 5. The van der Waals surface area contributed by atoms with Gasteiger partial charge in [0.25, 0.3) is 0 Å². The number of rotatable bonds is 4. The maximum Gasteiger partial charge on any atom is 0.339 e. The van der Waals surface area contributed by atoms with Crippen molar-refractivity contribution in [2.75, 3.05) is 13.2 Å². The molecule has 2 saturated carbocycles. The maximum absolute atomic E-state index is 12.0. The summed E-state index contributed by atoms with van der Waals surface area (Å²) in [6, 6.07) is 0. The average molecular weight is 424 g/mol. The SMILES string of the molecule is CC1=C2C[C@@H]3[C@@](C)(C=C2OC1=O)[C@@H]1C[C@@H]1[C@]3(O)CO[C@@H]1O[C@H](CO)[C@@H](O)[C@H](O)[C@H]1O. The quantitative estimate of drug-likeness (QED) is 0.357. The van der Waals surface area contributed by atoms with Crippen LogP contribution in [-0.2, 0) is 19.0 Å². The van der Waals surface area contributed by atoms with E-state index < -0.39 is 42.9 Å². The summed E-state index contributed by atoms with van der Waals surface area (Å²) >= 11 is 0. The molecule has 2 heterocycles. The molecule has 10 atom stereocenters. The van der Waals surface area contributed by atoms with Crippen LogP contribution in [0.5, 0.6) is 0 Å². The highest BCUT2D eigenvalue weighted by Crippen LogP contribution is 2.72. The molecule has 5 N–H and O–H groups in total. The minimum atomic E-state index is -1.53. The van der Waals surface area contributed by atoms with Gasteiger partial charge in [-0.15, -0.1) is 0 Å². The lowest BCUT2D eigenvalue weighted by atomic mass is 9.64. The van der Waals surface area contributed by atoms with Crippen LogP contribution in [0.4, 0.5) is 0 Å². The molecule has 9 nitrogen and oxygen atoms in total. The highest BCUT2D eigenvalue weighted by atomic mass is 16.7. The van der Waals surface area contributed by atoms with Gasteiger partial charge < -0.3 is 39.7 Å². The molecular weight excluding hydrogens is 396 g/mol. The fourth-order valence-corrected chi connectivity index (χ4v) is 6.13. The van der Waals surface area contributed by atoms with Crippen molar-refractivity contribution in [2.45, 2.75) is 63.0 Å². The number of allylic oxidation sites excluding steroid dienone is 2. The molecule has 0 spiro atoms. The van der Waals surface area contributed by atoms with E-state index in [1.54, 1.807) is 6.92 Å². The lowest BCUT2D eigenvalue weighted by molar-refractivity contribution is -0.311. The number of aliphatic hydroxyl groups excluding tert-OH is 4.